The number of thioether (sulfide) groups is 2. The van der Waals surface area contributed by atoms with Crippen molar-refractivity contribution in [2.45, 2.75) is 24.4 Å². The molecule has 0 aromatic heterocycles. The summed E-state index contributed by atoms with van der Waals surface area (Å²) >= 11 is 2.43. The number of hydroxylamine groups is 2. The Morgan fingerprint density at radius 3 is 2.30 bits per heavy atom. The van der Waals surface area contributed by atoms with Crippen molar-refractivity contribution in [3.8, 4) is 6.07 Å². The maximum atomic E-state index is 13.8. The standard InChI is InChI=1S/C28H27N3O7S2/c1-18(32)37-15-21-16-40-27-24(31(36-2)22(33)17-39-14-13-29)26(34)30(27)23(21)28(35)38-25(19-9-5-3-6-10-19)20-11-7-4-8-12-20/h3-12,24-25,27H,14-17H2,1-2H3. The Hall–Kier alpha value is -3.79. The van der Waals surface area contributed by atoms with E-state index >= 15 is 0 Å². The van der Waals surface area contributed by atoms with Crippen LogP contribution in [0.25, 0.3) is 0 Å². The molecule has 2 amide bonds. The Morgan fingerprint density at radius 1 is 1.12 bits per heavy atom. The molecule has 2 aliphatic heterocycles. The molecule has 0 saturated carbocycles. The highest BCUT2D eigenvalue weighted by Gasteiger charge is 2.58. The van der Waals surface area contributed by atoms with Crippen molar-refractivity contribution in [3.05, 3.63) is 83.1 Å². The van der Waals surface area contributed by atoms with Crippen molar-refractivity contribution in [2.75, 3.05) is 31.0 Å². The first kappa shape index (κ1) is 29.2. The highest BCUT2D eigenvalue weighted by Crippen LogP contribution is 2.43. The summed E-state index contributed by atoms with van der Waals surface area (Å²) < 4.78 is 11.2. The lowest BCUT2D eigenvalue weighted by atomic mass is 10.0. The predicted molar refractivity (Wildman–Crippen MR) is 148 cm³/mol. The zero-order valence-corrected chi connectivity index (χ0v) is 23.5. The number of rotatable bonds is 11. The number of hydrogen-bond donors (Lipinski definition) is 0. The van der Waals surface area contributed by atoms with Crippen LogP contribution in [0.1, 0.15) is 24.2 Å². The monoisotopic (exact) mass is 581 g/mol. The van der Waals surface area contributed by atoms with E-state index < -0.39 is 41.3 Å². The number of β-lactam (4-membered cyclic amide) rings is 1. The van der Waals surface area contributed by atoms with Crippen LogP contribution < -0.4 is 0 Å². The lowest BCUT2D eigenvalue weighted by Gasteiger charge is -2.52. The molecule has 1 fully saturated rings. The van der Waals surface area contributed by atoms with Crippen molar-refractivity contribution in [3.63, 3.8) is 0 Å². The summed E-state index contributed by atoms with van der Waals surface area (Å²) in [6, 6.07) is 19.4. The third kappa shape index (κ3) is 6.33. The molecule has 40 heavy (non-hydrogen) atoms. The number of hydrogen-bond acceptors (Lipinski definition) is 10. The van der Waals surface area contributed by atoms with Crippen LogP contribution in [-0.4, -0.2) is 76.1 Å². The highest BCUT2D eigenvalue weighted by atomic mass is 32.2. The van der Waals surface area contributed by atoms with Gasteiger partial charge in [-0.2, -0.15) is 5.26 Å². The molecular weight excluding hydrogens is 554 g/mol. The number of fused-ring (bicyclic) bond motifs is 1. The fourth-order valence-electron chi connectivity index (χ4n) is 4.40. The van der Waals surface area contributed by atoms with E-state index in [1.807, 2.05) is 66.7 Å². The Bertz CT molecular complexity index is 1290. The highest BCUT2D eigenvalue weighted by molar-refractivity contribution is 8.00. The molecule has 2 aliphatic rings. The molecule has 2 atom stereocenters. The molecule has 0 aliphatic carbocycles. The topological polar surface area (TPSA) is 126 Å². The molecule has 208 valence electrons. The van der Waals surface area contributed by atoms with Crippen LogP contribution in [0.5, 0.6) is 0 Å². The first-order valence-corrected chi connectivity index (χ1v) is 14.5. The smallest absolute Gasteiger partial charge is 0.356 e. The average Bonchev–Trinajstić information content (AvgIpc) is 2.97. The van der Waals surface area contributed by atoms with Crippen LogP contribution in [0, 0.1) is 11.3 Å². The van der Waals surface area contributed by atoms with Crippen molar-refractivity contribution >= 4 is 47.3 Å². The summed E-state index contributed by atoms with van der Waals surface area (Å²) in [5, 5.41) is 9.14. The normalized spacial score (nSPS) is 17.9. The van der Waals surface area contributed by atoms with Gasteiger partial charge >= 0.3 is 11.9 Å². The van der Waals surface area contributed by atoms with Gasteiger partial charge in [-0.15, -0.1) is 23.5 Å². The van der Waals surface area contributed by atoms with Crippen molar-refractivity contribution < 1.29 is 33.5 Å². The van der Waals surface area contributed by atoms with E-state index in [-0.39, 0.29) is 29.6 Å². The van der Waals surface area contributed by atoms with Crippen LogP contribution >= 0.6 is 23.5 Å². The van der Waals surface area contributed by atoms with Gasteiger partial charge in [0, 0.05) is 18.2 Å². The van der Waals surface area contributed by atoms with Crippen LogP contribution in [0.2, 0.25) is 0 Å². The molecule has 12 heteroatoms. The largest absolute Gasteiger partial charge is 0.461 e. The van der Waals surface area contributed by atoms with E-state index in [2.05, 4.69) is 0 Å². The van der Waals surface area contributed by atoms with Gasteiger partial charge in [0.15, 0.2) is 12.1 Å². The number of ether oxygens (including phenoxy) is 2. The Balaban J connectivity index is 1.64. The molecule has 2 aromatic carbocycles. The molecule has 0 radical (unpaired) electrons. The number of carbonyl (C=O) groups excluding carboxylic acids is 4. The fraction of sp³-hybridized carbons (Fsp3) is 0.321. The third-order valence-electron chi connectivity index (χ3n) is 6.18. The molecule has 4 rings (SSSR count). The van der Waals surface area contributed by atoms with Crippen LogP contribution in [-0.2, 0) is 33.5 Å². The lowest BCUT2D eigenvalue weighted by Crippen LogP contribution is -2.71. The first-order valence-electron chi connectivity index (χ1n) is 12.3. The van der Waals surface area contributed by atoms with E-state index in [9.17, 15) is 19.2 Å². The van der Waals surface area contributed by atoms with Gasteiger partial charge in [-0.05, 0) is 11.1 Å². The second kappa shape index (κ2) is 13.5. The first-order chi connectivity index (χ1) is 19.4. The molecule has 10 nitrogen and oxygen atoms in total. The lowest BCUT2D eigenvalue weighted by molar-refractivity contribution is -0.206. The van der Waals surface area contributed by atoms with E-state index in [0.29, 0.717) is 5.57 Å². The average molecular weight is 582 g/mol. The fourth-order valence-corrected chi connectivity index (χ4v) is 6.25. The SMILES string of the molecule is CON(C(=O)CSCC#N)C1C(=O)N2C(C(=O)OC(c3ccccc3)c3ccccc3)=C(COC(C)=O)CSC12. The van der Waals surface area contributed by atoms with E-state index in [1.54, 1.807) is 0 Å². The zero-order valence-electron chi connectivity index (χ0n) is 21.8. The third-order valence-corrected chi connectivity index (χ3v) is 8.29. The number of carbonyl (C=O) groups is 4. The Kier molecular flexibility index (Phi) is 9.87. The van der Waals surface area contributed by atoms with Crippen LogP contribution in [0.15, 0.2) is 71.9 Å². The molecule has 2 aromatic rings. The predicted octanol–water partition coefficient (Wildman–Crippen LogP) is 3.07. The zero-order chi connectivity index (χ0) is 28.6. The van der Waals surface area contributed by atoms with E-state index in [0.717, 1.165) is 28.0 Å². The van der Waals surface area contributed by atoms with Gasteiger partial charge in [0.25, 0.3) is 11.8 Å². The minimum absolute atomic E-state index is 0.00882. The van der Waals surface area contributed by atoms with Crippen molar-refractivity contribution in [2.24, 2.45) is 0 Å². The number of esters is 2. The van der Waals surface area contributed by atoms with Crippen LogP contribution in [0.3, 0.4) is 0 Å². The quantitative estimate of drug-likeness (QED) is 0.169. The minimum Gasteiger partial charge on any atom is -0.461 e. The van der Waals surface area contributed by atoms with Gasteiger partial charge in [-0.3, -0.25) is 24.1 Å². The molecule has 1 saturated heterocycles. The van der Waals surface area contributed by atoms with Gasteiger partial charge in [0.1, 0.15) is 17.7 Å². The van der Waals surface area contributed by atoms with E-state index in [1.165, 1.54) is 30.7 Å². The second-order valence-electron chi connectivity index (χ2n) is 8.75. The Morgan fingerprint density at radius 2 is 1.75 bits per heavy atom. The molecule has 0 N–H and O–H groups in total. The maximum absolute atomic E-state index is 13.8. The number of nitriles is 1. The number of nitrogens with zero attached hydrogens (tertiary/aromatic N) is 3. The maximum Gasteiger partial charge on any atom is 0.356 e. The summed E-state index contributed by atoms with van der Waals surface area (Å²) in [7, 11) is 1.29. The van der Waals surface area contributed by atoms with Crippen molar-refractivity contribution in [1.29, 1.82) is 5.26 Å². The molecule has 2 unspecified atom stereocenters. The second-order valence-corrected chi connectivity index (χ2v) is 10.8. The summed E-state index contributed by atoms with van der Waals surface area (Å²) in [6.45, 7) is 1.07. The minimum atomic E-state index is -0.970. The van der Waals surface area contributed by atoms with Gasteiger partial charge in [-0.1, -0.05) is 60.7 Å². The number of amides is 2. The molecule has 0 bridgehead atoms. The summed E-state index contributed by atoms with van der Waals surface area (Å²) in [6.07, 6.45) is -0.758. The molecule has 0 spiro atoms. The van der Waals surface area contributed by atoms with Crippen LogP contribution in [0.4, 0.5) is 0 Å². The van der Waals surface area contributed by atoms with Crippen molar-refractivity contribution in [1.82, 2.24) is 9.96 Å². The van der Waals surface area contributed by atoms with Gasteiger partial charge in [0.05, 0.1) is 24.7 Å². The van der Waals surface area contributed by atoms with E-state index in [4.69, 9.17) is 19.6 Å². The number of benzene rings is 2. The summed E-state index contributed by atoms with van der Waals surface area (Å²) in [5.41, 5.74) is 1.90. The van der Waals surface area contributed by atoms with Gasteiger partial charge in [-0.25, -0.2) is 9.86 Å². The summed E-state index contributed by atoms with van der Waals surface area (Å²) in [5.74, 6) is -1.93. The Labute approximate surface area is 240 Å². The van der Waals surface area contributed by atoms with Gasteiger partial charge < -0.3 is 9.47 Å². The van der Waals surface area contributed by atoms with Gasteiger partial charge in [0.2, 0.25) is 0 Å². The summed E-state index contributed by atoms with van der Waals surface area (Å²) in [4.78, 5) is 58.2. The molecular formula is C28H27N3O7S2. The molecule has 2 heterocycles.